The Morgan fingerprint density at radius 2 is 1.42 bits per heavy atom. The lowest BCUT2D eigenvalue weighted by molar-refractivity contribution is -0.317. The van der Waals surface area contributed by atoms with Crippen molar-refractivity contribution in [1.82, 2.24) is 25.8 Å². The lowest BCUT2D eigenvalue weighted by Gasteiger charge is -2.49. The van der Waals surface area contributed by atoms with E-state index in [4.69, 9.17) is 42.6 Å². The number of carbonyl (C=O) groups excluding carboxylic acids is 4. The number of para-hydroxylation sites is 1. The Labute approximate surface area is 480 Å². The van der Waals surface area contributed by atoms with E-state index in [-0.39, 0.29) is 56.3 Å². The highest BCUT2D eigenvalue weighted by atomic mass is 16.7. The lowest BCUT2D eigenvalue weighted by atomic mass is 9.77. The smallest absolute Gasteiger partial charge is 0.407 e. The van der Waals surface area contributed by atoms with Gasteiger partial charge in [0.25, 0.3) is 5.91 Å². The number of hydrogen-bond acceptors (Lipinski definition) is 18. The van der Waals surface area contributed by atoms with Crippen LogP contribution in [-0.2, 0) is 49.1 Å². The van der Waals surface area contributed by atoms with Crippen molar-refractivity contribution >= 4 is 24.1 Å². The Morgan fingerprint density at radius 3 is 2.05 bits per heavy atom. The molecule has 3 heterocycles. The number of aliphatic hydroxyl groups excluding tert-OH is 1. The summed E-state index contributed by atoms with van der Waals surface area (Å²) in [5.74, 6) is -2.85. The quantitative estimate of drug-likeness (QED) is 0.0550. The normalized spacial score (nSPS) is 35.6. The van der Waals surface area contributed by atoms with Gasteiger partial charge in [0, 0.05) is 57.7 Å². The number of cyclic esters (lactones) is 1. The summed E-state index contributed by atoms with van der Waals surface area (Å²) in [6.07, 6.45) is -9.23. The van der Waals surface area contributed by atoms with E-state index in [1.165, 1.54) is 21.1 Å². The van der Waals surface area contributed by atoms with Crippen LogP contribution >= 0.6 is 0 Å². The Hall–Kier alpha value is -4.68. The van der Waals surface area contributed by atoms with Crippen LogP contribution in [0, 0.1) is 17.8 Å². The number of carbonyl (C=O) groups is 4. The molecule has 3 aliphatic heterocycles. The summed E-state index contributed by atoms with van der Waals surface area (Å²) in [4.78, 5) is 58.6. The van der Waals surface area contributed by atoms with Crippen molar-refractivity contribution < 1.29 is 77.1 Å². The number of ether oxygens (including phenoxy) is 9. The molecule has 0 aromatic heterocycles. The first kappa shape index (κ1) is 67.1. The van der Waals surface area contributed by atoms with Gasteiger partial charge in [-0.3, -0.25) is 14.5 Å². The number of likely N-dealkylation sites (N-methyl/N-ethyl adjacent to an activating group) is 2. The highest BCUT2D eigenvalue weighted by molar-refractivity contribution is 5.96. The van der Waals surface area contributed by atoms with E-state index in [0.717, 1.165) is 5.56 Å². The number of aliphatic hydroxyl groups is 3. The second-order valence-electron chi connectivity index (χ2n) is 23.7. The molecule has 458 valence electrons. The van der Waals surface area contributed by atoms with E-state index in [1.807, 2.05) is 82.0 Å². The summed E-state index contributed by atoms with van der Waals surface area (Å²) in [5, 5.41) is 46.0. The van der Waals surface area contributed by atoms with Crippen molar-refractivity contribution in [2.75, 3.05) is 61.5 Å². The van der Waals surface area contributed by atoms with Gasteiger partial charge in [-0.15, -0.1) is 0 Å². The first-order valence-electron chi connectivity index (χ1n) is 28.9. The molecule has 6 N–H and O–H groups in total. The summed E-state index contributed by atoms with van der Waals surface area (Å²) in [5.41, 5.74) is -3.37. The molecule has 0 spiro atoms. The molecular weight excluding hydrogens is 1050 g/mol. The van der Waals surface area contributed by atoms with E-state index in [9.17, 15) is 34.5 Å². The van der Waals surface area contributed by atoms with Crippen LogP contribution in [-0.4, -0.2) is 201 Å². The van der Waals surface area contributed by atoms with Crippen molar-refractivity contribution in [1.29, 1.82) is 0 Å². The van der Waals surface area contributed by atoms with Gasteiger partial charge in [0.1, 0.15) is 29.2 Å². The number of rotatable bonds is 19. The van der Waals surface area contributed by atoms with Crippen molar-refractivity contribution in [2.45, 2.75) is 204 Å². The molecule has 18 atom stereocenters. The van der Waals surface area contributed by atoms with Gasteiger partial charge in [0.2, 0.25) is 0 Å². The summed E-state index contributed by atoms with van der Waals surface area (Å²) >= 11 is 0. The minimum Gasteiger partial charge on any atom is -0.496 e. The molecule has 2 aromatic rings. The van der Waals surface area contributed by atoms with E-state index in [0.29, 0.717) is 50.1 Å². The van der Waals surface area contributed by atoms with E-state index in [2.05, 4.69) is 16.0 Å². The summed E-state index contributed by atoms with van der Waals surface area (Å²) < 4.78 is 56.7. The number of benzene rings is 2. The Kier molecular flexibility index (Phi) is 25.0. The van der Waals surface area contributed by atoms with Crippen LogP contribution in [0.4, 0.5) is 9.59 Å². The Balaban J connectivity index is 1.42. The monoisotopic (exact) mass is 1140 g/mol. The zero-order valence-corrected chi connectivity index (χ0v) is 50.7. The average Bonchev–Trinajstić information content (AvgIpc) is 3.44. The zero-order chi connectivity index (χ0) is 60.0. The van der Waals surface area contributed by atoms with Gasteiger partial charge in [-0.2, -0.15) is 0 Å². The largest absolute Gasteiger partial charge is 0.496 e. The zero-order valence-electron chi connectivity index (χ0n) is 50.7. The van der Waals surface area contributed by atoms with Crippen LogP contribution < -0.4 is 20.7 Å². The molecule has 5 rings (SSSR count). The van der Waals surface area contributed by atoms with Crippen molar-refractivity contribution in [2.24, 2.45) is 17.8 Å². The lowest BCUT2D eigenvalue weighted by Crippen LogP contribution is -2.61. The molecule has 3 amide bonds. The summed E-state index contributed by atoms with van der Waals surface area (Å²) in [7, 11) is 8.59. The topological polar surface area (TPSA) is 255 Å². The van der Waals surface area contributed by atoms with Gasteiger partial charge < -0.3 is 78.8 Å². The summed E-state index contributed by atoms with van der Waals surface area (Å²) in [6.45, 7) is 18.8. The minimum atomic E-state index is -1.94. The predicted octanol–water partition coefficient (Wildman–Crippen LogP) is 5.83. The van der Waals surface area contributed by atoms with Crippen LogP contribution in [0.5, 0.6) is 5.75 Å². The number of hydrogen-bond donors (Lipinski definition) is 6. The molecule has 81 heavy (non-hydrogen) atoms. The molecule has 3 fully saturated rings. The number of methoxy groups -OCH3 is 2. The third-order valence-electron chi connectivity index (χ3n) is 16.6. The minimum absolute atomic E-state index is 0.0110. The second-order valence-corrected chi connectivity index (χ2v) is 23.7. The van der Waals surface area contributed by atoms with E-state index in [1.54, 1.807) is 65.8 Å². The van der Waals surface area contributed by atoms with Crippen LogP contribution in [0.25, 0.3) is 0 Å². The molecule has 0 unspecified atom stereocenters. The van der Waals surface area contributed by atoms with Crippen LogP contribution in [0.15, 0.2) is 54.6 Å². The molecular formula is C60H97N5O16. The maximum Gasteiger partial charge on any atom is 0.407 e. The third-order valence-corrected chi connectivity index (χ3v) is 16.6. The van der Waals surface area contributed by atoms with Gasteiger partial charge in [0.05, 0.1) is 48.6 Å². The van der Waals surface area contributed by atoms with Gasteiger partial charge in [-0.25, -0.2) is 9.59 Å². The SMILES string of the molecule is CC[C@H]1OC(=O)[C@H](C)[C@@H](O[C@H]2C[C@@](C)(OC)[C@@H](OC(=O)NCCCCNC(=O)c3ccccc3OC)[C@H](C)O2)[C@H](C)[C@@H](O[C@@H]2O[C@H](C)C[C@H](N(C)C)[C@H]2O)[C@](C)(O)C[C@@H](C)CN(C)[C@H](C)[C@@H](OC(=O)NCCc2ccccc2)[C@]1(C)O. The number of esters is 1. The van der Waals surface area contributed by atoms with Crippen LogP contribution in [0.1, 0.15) is 124 Å². The molecule has 0 aliphatic carbocycles. The molecule has 21 heteroatoms. The first-order chi connectivity index (χ1) is 38.2. The fourth-order valence-corrected chi connectivity index (χ4v) is 12.0. The average molecular weight is 1140 g/mol. The van der Waals surface area contributed by atoms with Crippen LogP contribution in [0.3, 0.4) is 0 Å². The fraction of sp³-hybridized carbons (Fsp3) is 0.733. The molecule has 3 saturated heterocycles. The number of alkyl carbamates (subject to hydrolysis) is 2. The molecule has 0 bridgehead atoms. The molecule has 0 radical (unpaired) electrons. The Bertz CT molecular complexity index is 2290. The number of unbranched alkanes of at least 4 members (excludes halogenated alkanes) is 1. The second kappa shape index (κ2) is 30.2. The standard InChI is InChI=1S/C60H97N5O16/c1-16-46-60(10,72)51(80-57(70)63-31-28-42-24-18-17-19-25-42)40(6)65(13)35-36(2)33-58(8,71)50(79-55-48(66)44(64(11)12)32-37(3)75-55)38(4)49(39(5)54(68)77-46)78-47-34-59(9,74-15)52(41(7)76-47)81-56(69)62-30-23-22-29-61-53(67)43-26-20-21-27-45(43)73-14/h17-21,24-27,36-41,44,46-52,55,66,71-72H,16,22-23,28-35H2,1-15H3,(H,61,67)(H,62,69)(H,63,70)/t36-,37-,38+,39-,40-,41+,44+,46-,47+,48-,49+,50-,51-,52+,55+,58-,59-,60-/m1/s1. The van der Waals surface area contributed by atoms with E-state index < -0.39 is 108 Å². The van der Waals surface area contributed by atoms with Crippen LogP contribution in [0.2, 0.25) is 0 Å². The fourth-order valence-electron chi connectivity index (χ4n) is 12.0. The van der Waals surface area contributed by atoms with Crippen molar-refractivity contribution in [3.8, 4) is 5.75 Å². The number of nitrogens with zero attached hydrogens (tertiary/aromatic N) is 2. The first-order valence-corrected chi connectivity index (χ1v) is 28.9. The number of amides is 3. The van der Waals surface area contributed by atoms with Crippen molar-refractivity contribution in [3.63, 3.8) is 0 Å². The molecule has 2 aromatic carbocycles. The van der Waals surface area contributed by atoms with Crippen molar-refractivity contribution in [3.05, 3.63) is 65.7 Å². The van der Waals surface area contributed by atoms with E-state index >= 15 is 0 Å². The van der Waals surface area contributed by atoms with Gasteiger partial charge in [-0.1, -0.05) is 63.2 Å². The Morgan fingerprint density at radius 1 is 0.802 bits per heavy atom. The van der Waals surface area contributed by atoms with Gasteiger partial charge in [0.15, 0.2) is 24.8 Å². The predicted molar refractivity (Wildman–Crippen MR) is 303 cm³/mol. The summed E-state index contributed by atoms with van der Waals surface area (Å²) in [6, 6.07) is 15.6. The maximum absolute atomic E-state index is 15.0. The number of nitrogens with one attached hydrogen (secondary N) is 3. The molecule has 3 aliphatic rings. The van der Waals surface area contributed by atoms with Gasteiger partial charge >= 0.3 is 18.2 Å². The molecule has 21 nitrogen and oxygen atoms in total. The highest BCUT2D eigenvalue weighted by Gasteiger charge is 2.54. The highest BCUT2D eigenvalue weighted by Crippen LogP contribution is 2.41. The maximum atomic E-state index is 15.0. The van der Waals surface area contributed by atoms with Gasteiger partial charge in [-0.05, 0) is 132 Å². The third kappa shape index (κ3) is 17.9. The molecule has 0 saturated carbocycles.